The highest BCUT2D eigenvalue weighted by Crippen LogP contribution is 2.12. The number of aliphatic imine (C=N–C) groups is 1. The molecule has 2 rings (SSSR count). The fourth-order valence-corrected chi connectivity index (χ4v) is 3.04. The normalized spacial score (nSPS) is 11.3. The summed E-state index contributed by atoms with van der Waals surface area (Å²) in [6.07, 6.45) is 0. The molecule has 0 saturated heterocycles. The minimum atomic E-state index is 0.0141. The van der Waals surface area contributed by atoms with Crippen molar-refractivity contribution in [1.82, 2.24) is 15.1 Å². The van der Waals surface area contributed by atoms with Crippen LogP contribution in [0.1, 0.15) is 11.1 Å². The lowest BCUT2D eigenvalue weighted by molar-refractivity contribution is -0.127. The molecule has 2 aromatic rings. The Morgan fingerprint density at radius 1 is 1.16 bits per heavy atom. The lowest BCUT2D eigenvalue weighted by Crippen LogP contribution is -2.43. The monoisotopic (exact) mass is 422 g/mol. The predicted octanol–water partition coefficient (Wildman–Crippen LogP) is 3.18. The van der Waals surface area contributed by atoms with Gasteiger partial charge in [-0.3, -0.25) is 4.79 Å². The van der Waals surface area contributed by atoms with Gasteiger partial charge in [0, 0.05) is 32.2 Å². The quantitative estimate of drug-likeness (QED) is 0.574. The molecule has 0 atom stereocenters. The van der Waals surface area contributed by atoms with Crippen molar-refractivity contribution < 1.29 is 4.79 Å². The van der Waals surface area contributed by atoms with E-state index in [4.69, 9.17) is 0 Å². The molecule has 0 bridgehead atoms. The summed E-state index contributed by atoms with van der Waals surface area (Å²) in [5, 5.41) is 7.35. The van der Waals surface area contributed by atoms with E-state index in [0.29, 0.717) is 12.5 Å². The van der Waals surface area contributed by atoms with E-state index < -0.39 is 0 Å². The Morgan fingerprint density at radius 3 is 2.48 bits per heavy atom. The molecule has 134 valence electrons. The van der Waals surface area contributed by atoms with Gasteiger partial charge in [0.2, 0.25) is 5.91 Å². The Morgan fingerprint density at radius 2 is 1.88 bits per heavy atom. The number of halogens is 1. The van der Waals surface area contributed by atoms with E-state index in [-0.39, 0.29) is 12.5 Å². The van der Waals surface area contributed by atoms with Crippen molar-refractivity contribution in [2.24, 2.45) is 4.99 Å². The average molecular weight is 423 g/mol. The van der Waals surface area contributed by atoms with Gasteiger partial charge in [-0.05, 0) is 40.1 Å². The number of amides is 1. The van der Waals surface area contributed by atoms with Crippen LogP contribution in [0.15, 0.2) is 50.6 Å². The highest BCUT2D eigenvalue weighted by atomic mass is 79.9. The number of thiophene rings is 1. The van der Waals surface area contributed by atoms with Crippen LogP contribution in [0.3, 0.4) is 0 Å². The smallest absolute Gasteiger partial charge is 0.241 e. The van der Waals surface area contributed by atoms with Crippen molar-refractivity contribution in [3.63, 3.8) is 0 Å². The molecule has 0 radical (unpaired) electrons. The Bertz CT molecular complexity index is 698. The maximum absolute atomic E-state index is 11.9. The van der Waals surface area contributed by atoms with E-state index in [0.717, 1.165) is 16.6 Å². The number of hydrogen-bond acceptors (Lipinski definition) is 3. The van der Waals surface area contributed by atoms with Crippen molar-refractivity contribution >= 4 is 39.1 Å². The third-order valence-corrected chi connectivity index (χ3v) is 4.84. The van der Waals surface area contributed by atoms with Crippen molar-refractivity contribution in [2.45, 2.75) is 13.1 Å². The molecule has 5 nitrogen and oxygen atoms in total. The number of hydrogen-bond donors (Lipinski definition) is 1. The van der Waals surface area contributed by atoms with Crippen LogP contribution >= 0.6 is 27.3 Å². The minimum Gasteiger partial charge on any atom is -0.347 e. The summed E-state index contributed by atoms with van der Waals surface area (Å²) < 4.78 is 1.05. The molecule has 1 N–H and O–H groups in total. The number of nitrogens with zero attached hydrogens (tertiary/aromatic N) is 3. The standard InChI is InChI=1S/C18H23BrN4OS/c1-22(2)17(24)11-21-18(23(3)12-15-8-9-25-13-15)20-10-14-4-6-16(19)7-5-14/h4-9,13H,10-12H2,1-3H3,(H,20,21). The number of carbonyl (C=O) groups is 1. The van der Waals surface area contributed by atoms with Crippen LogP contribution in [-0.4, -0.2) is 49.4 Å². The lowest BCUT2D eigenvalue weighted by Gasteiger charge is -2.22. The summed E-state index contributed by atoms with van der Waals surface area (Å²) in [6, 6.07) is 10.2. The van der Waals surface area contributed by atoms with Crippen molar-refractivity contribution in [2.75, 3.05) is 27.7 Å². The van der Waals surface area contributed by atoms with Crippen LogP contribution in [0.25, 0.3) is 0 Å². The van der Waals surface area contributed by atoms with E-state index in [9.17, 15) is 4.79 Å². The number of benzene rings is 1. The van der Waals surface area contributed by atoms with Crippen molar-refractivity contribution in [3.05, 3.63) is 56.7 Å². The molecule has 7 heteroatoms. The molecule has 0 spiro atoms. The van der Waals surface area contributed by atoms with Crippen molar-refractivity contribution in [3.8, 4) is 0 Å². The molecule has 1 aromatic heterocycles. The summed E-state index contributed by atoms with van der Waals surface area (Å²) in [5.41, 5.74) is 2.34. The second-order valence-corrected chi connectivity index (χ2v) is 7.59. The van der Waals surface area contributed by atoms with Crippen LogP contribution < -0.4 is 5.32 Å². The van der Waals surface area contributed by atoms with Gasteiger partial charge < -0.3 is 15.1 Å². The molecule has 1 heterocycles. The van der Waals surface area contributed by atoms with E-state index in [2.05, 4.69) is 43.1 Å². The highest BCUT2D eigenvalue weighted by Gasteiger charge is 2.11. The fourth-order valence-electron chi connectivity index (χ4n) is 2.11. The van der Waals surface area contributed by atoms with Gasteiger partial charge in [0.05, 0.1) is 13.1 Å². The maximum Gasteiger partial charge on any atom is 0.241 e. The molecule has 1 aromatic carbocycles. The molecule has 0 aliphatic carbocycles. The minimum absolute atomic E-state index is 0.0141. The topological polar surface area (TPSA) is 47.9 Å². The second-order valence-electron chi connectivity index (χ2n) is 5.90. The van der Waals surface area contributed by atoms with Gasteiger partial charge in [0.1, 0.15) is 0 Å². The Balaban J connectivity index is 2.07. The third kappa shape index (κ3) is 6.51. The summed E-state index contributed by atoms with van der Waals surface area (Å²) in [5.74, 6) is 0.726. The molecular formula is C18H23BrN4OS. The van der Waals surface area contributed by atoms with Gasteiger partial charge in [-0.1, -0.05) is 28.1 Å². The maximum atomic E-state index is 11.9. The van der Waals surface area contributed by atoms with E-state index in [1.165, 1.54) is 5.56 Å². The first-order valence-corrected chi connectivity index (χ1v) is 9.64. The van der Waals surface area contributed by atoms with Crippen LogP contribution in [0.2, 0.25) is 0 Å². The zero-order chi connectivity index (χ0) is 18.2. The number of carbonyl (C=O) groups excluding carboxylic acids is 1. The first-order valence-electron chi connectivity index (χ1n) is 7.91. The van der Waals surface area contributed by atoms with Gasteiger partial charge in [-0.15, -0.1) is 0 Å². The first kappa shape index (κ1) is 19.5. The number of nitrogens with one attached hydrogen (secondary N) is 1. The molecule has 0 aliphatic heterocycles. The third-order valence-electron chi connectivity index (χ3n) is 3.58. The van der Waals surface area contributed by atoms with Crippen LogP contribution in [0.5, 0.6) is 0 Å². The molecule has 0 saturated carbocycles. The summed E-state index contributed by atoms with van der Waals surface area (Å²) in [6.45, 7) is 1.52. The fraction of sp³-hybridized carbons (Fsp3) is 0.333. The average Bonchev–Trinajstić information content (AvgIpc) is 3.08. The summed E-state index contributed by atoms with van der Waals surface area (Å²) >= 11 is 5.11. The molecule has 25 heavy (non-hydrogen) atoms. The lowest BCUT2D eigenvalue weighted by atomic mass is 10.2. The van der Waals surface area contributed by atoms with Gasteiger partial charge >= 0.3 is 0 Å². The highest BCUT2D eigenvalue weighted by molar-refractivity contribution is 9.10. The molecule has 0 unspecified atom stereocenters. The summed E-state index contributed by atoms with van der Waals surface area (Å²) in [4.78, 5) is 20.2. The zero-order valence-electron chi connectivity index (χ0n) is 14.7. The Kier molecular flexibility index (Phi) is 7.46. The van der Waals surface area contributed by atoms with Gasteiger partial charge in [0.25, 0.3) is 0 Å². The van der Waals surface area contributed by atoms with Crippen molar-refractivity contribution in [1.29, 1.82) is 0 Å². The van der Waals surface area contributed by atoms with E-state index >= 15 is 0 Å². The van der Waals surface area contributed by atoms with Gasteiger partial charge in [-0.25, -0.2) is 4.99 Å². The van der Waals surface area contributed by atoms with Crippen LogP contribution in [0, 0.1) is 0 Å². The van der Waals surface area contributed by atoms with E-state index in [1.807, 2.05) is 36.2 Å². The Hall–Kier alpha value is -1.86. The molecule has 0 fully saturated rings. The van der Waals surface area contributed by atoms with Gasteiger partial charge in [-0.2, -0.15) is 11.3 Å². The number of likely N-dealkylation sites (N-methyl/N-ethyl adjacent to an activating group) is 1. The molecule has 1 amide bonds. The number of rotatable bonds is 6. The van der Waals surface area contributed by atoms with Gasteiger partial charge in [0.15, 0.2) is 5.96 Å². The molecule has 0 aliphatic rings. The Labute approximate surface area is 161 Å². The first-order chi connectivity index (χ1) is 12.0. The zero-order valence-corrected chi connectivity index (χ0v) is 17.1. The second kappa shape index (κ2) is 9.58. The molecular weight excluding hydrogens is 400 g/mol. The summed E-state index contributed by atoms with van der Waals surface area (Å²) in [7, 11) is 5.47. The van der Waals surface area contributed by atoms with E-state index in [1.54, 1.807) is 30.3 Å². The SMILES string of the molecule is CN(C)C(=O)CNC(=NCc1ccc(Br)cc1)N(C)Cc1ccsc1. The van der Waals surface area contributed by atoms with Crippen LogP contribution in [-0.2, 0) is 17.9 Å². The number of guanidine groups is 1. The predicted molar refractivity (Wildman–Crippen MR) is 108 cm³/mol. The largest absolute Gasteiger partial charge is 0.347 e. The van der Waals surface area contributed by atoms with Crippen LogP contribution in [0.4, 0.5) is 0 Å².